The van der Waals surface area contributed by atoms with Gasteiger partial charge in [-0.2, -0.15) is 0 Å². The highest BCUT2D eigenvalue weighted by Crippen LogP contribution is 2.20. The number of aliphatic hydroxyl groups is 1. The van der Waals surface area contributed by atoms with Crippen molar-refractivity contribution >= 4 is 29.9 Å². The molecule has 0 amide bonds. The number of aryl methyl sites for hydroxylation is 1. The van der Waals surface area contributed by atoms with Crippen LogP contribution in [0.3, 0.4) is 0 Å². The molecule has 0 aliphatic carbocycles. The van der Waals surface area contributed by atoms with Crippen LogP contribution in [-0.2, 0) is 12.1 Å². The first kappa shape index (κ1) is 23.9. The predicted molar refractivity (Wildman–Crippen MR) is 125 cm³/mol. The molecule has 3 N–H and O–H groups in total. The van der Waals surface area contributed by atoms with Gasteiger partial charge in [0.15, 0.2) is 5.96 Å². The molecule has 3 rings (SSSR count). The number of hydrogen-bond acceptors (Lipinski definition) is 4. The molecule has 0 radical (unpaired) electrons. The molecule has 7 nitrogen and oxygen atoms in total. The van der Waals surface area contributed by atoms with Crippen molar-refractivity contribution in [3.8, 4) is 5.69 Å². The van der Waals surface area contributed by atoms with Crippen molar-refractivity contribution < 1.29 is 13.9 Å². The molecular formula is C21H27FIN5O2. The van der Waals surface area contributed by atoms with Crippen LogP contribution in [0, 0.1) is 12.7 Å². The van der Waals surface area contributed by atoms with Crippen molar-refractivity contribution in [2.24, 2.45) is 4.99 Å². The van der Waals surface area contributed by atoms with Gasteiger partial charge in [-0.25, -0.2) is 14.4 Å². The summed E-state index contributed by atoms with van der Waals surface area (Å²) in [5.74, 6) is 1.37. The Kier molecular flexibility index (Phi) is 8.42. The fourth-order valence-electron chi connectivity index (χ4n) is 2.92. The van der Waals surface area contributed by atoms with E-state index in [0.29, 0.717) is 30.5 Å². The minimum atomic E-state index is -1.18. The lowest BCUT2D eigenvalue weighted by molar-refractivity contribution is 0.0386. The number of hydrogen-bond donors (Lipinski definition) is 3. The Labute approximate surface area is 192 Å². The average Bonchev–Trinajstić information content (AvgIpc) is 3.37. The minimum Gasteiger partial charge on any atom is -0.466 e. The van der Waals surface area contributed by atoms with E-state index in [2.05, 4.69) is 20.6 Å². The monoisotopic (exact) mass is 527 g/mol. The number of aliphatic imine (C=N–C) groups is 1. The van der Waals surface area contributed by atoms with E-state index in [0.717, 1.165) is 11.4 Å². The molecule has 2 heterocycles. The average molecular weight is 527 g/mol. The minimum absolute atomic E-state index is 0. The Morgan fingerprint density at radius 2 is 2.13 bits per heavy atom. The van der Waals surface area contributed by atoms with Gasteiger partial charge >= 0.3 is 0 Å². The molecule has 0 saturated heterocycles. The summed E-state index contributed by atoms with van der Waals surface area (Å²) in [7, 11) is 0. The Morgan fingerprint density at radius 1 is 1.33 bits per heavy atom. The van der Waals surface area contributed by atoms with E-state index >= 15 is 0 Å². The molecule has 30 heavy (non-hydrogen) atoms. The van der Waals surface area contributed by atoms with Crippen molar-refractivity contribution in [2.75, 3.05) is 13.1 Å². The maximum atomic E-state index is 14.6. The molecule has 1 aromatic carbocycles. The smallest absolute Gasteiger partial charge is 0.191 e. The highest BCUT2D eigenvalue weighted by Gasteiger charge is 2.26. The number of nitrogens with one attached hydrogen (secondary N) is 2. The molecule has 1 unspecified atom stereocenters. The molecule has 9 heteroatoms. The van der Waals surface area contributed by atoms with E-state index in [1.54, 1.807) is 42.1 Å². The molecule has 2 aromatic heterocycles. The topological polar surface area (TPSA) is 87.6 Å². The Bertz CT molecular complexity index is 970. The lowest BCUT2D eigenvalue weighted by Gasteiger charge is -2.22. The molecule has 1 atom stereocenters. The second-order valence-corrected chi connectivity index (χ2v) is 6.93. The number of furan rings is 1. The molecule has 3 aromatic rings. The number of imidazole rings is 1. The first-order valence-electron chi connectivity index (χ1n) is 9.48. The fraction of sp³-hybridized carbons (Fsp3) is 0.333. The Hall–Kier alpha value is -2.40. The lowest BCUT2D eigenvalue weighted by Crippen LogP contribution is -2.44. The van der Waals surface area contributed by atoms with Crippen LogP contribution in [0.1, 0.15) is 31.0 Å². The summed E-state index contributed by atoms with van der Waals surface area (Å²) in [6.45, 7) is 6.59. The molecule has 0 bridgehead atoms. The summed E-state index contributed by atoms with van der Waals surface area (Å²) < 4.78 is 21.5. The van der Waals surface area contributed by atoms with Crippen molar-refractivity contribution in [1.82, 2.24) is 20.2 Å². The van der Waals surface area contributed by atoms with Gasteiger partial charge in [0, 0.05) is 18.9 Å². The van der Waals surface area contributed by atoms with Crippen LogP contribution in [0.15, 0.2) is 58.4 Å². The van der Waals surface area contributed by atoms with Crippen molar-refractivity contribution in [3.05, 3.63) is 72.0 Å². The summed E-state index contributed by atoms with van der Waals surface area (Å²) in [5.41, 5.74) is 0.00195. The van der Waals surface area contributed by atoms with Crippen LogP contribution in [0.5, 0.6) is 0 Å². The summed E-state index contributed by atoms with van der Waals surface area (Å²) in [4.78, 5) is 8.61. The summed E-state index contributed by atoms with van der Waals surface area (Å²) >= 11 is 0. The number of guanidine groups is 1. The maximum Gasteiger partial charge on any atom is 0.191 e. The second-order valence-electron chi connectivity index (χ2n) is 6.93. The fourth-order valence-corrected chi connectivity index (χ4v) is 2.92. The number of aromatic nitrogens is 2. The van der Waals surface area contributed by atoms with Gasteiger partial charge < -0.3 is 24.7 Å². The summed E-state index contributed by atoms with van der Waals surface area (Å²) in [6.07, 6.45) is 4.88. The van der Waals surface area contributed by atoms with E-state index in [1.807, 2.05) is 19.9 Å². The molecule has 0 fully saturated rings. The third-order valence-corrected chi connectivity index (χ3v) is 4.51. The zero-order valence-electron chi connectivity index (χ0n) is 17.2. The van der Waals surface area contributed by atoms with Gasteiger partial charge in [-0.05, 0) is 50.6 Å². The summed E-state index contributed by atoms with van der Waals surface area (Å²) in [6, 6.07) is 8.48. The standard InChI is InChI=1S/C21H26FN5O2.HI/c1-4-23-20(26-14-21(3,28)19-6-5-11-29-19)25-13-16-7-8-18(17(22)12-16)27-10-9-24-15(27)2;/h5-12,28H,4,13-14H2,1-3H3,(H2,23,25,26);1H. The van der Waals surface area contributed by atoms with Gasteiger partial charge in [0.2, 0.25) is 0 Å². The Balaban J connectivity index is 0.00000320. The van der Waals surface area contributed by atoms with Gasteiger partial charge in [0.05, 0.1) is 25.0 Å². The number of rotatable bonds is 7. The van der Waals surface area contributed by atoms with Gasteiger partial charge in [0.1, 0.15) is 23.0 Å². The molecule has 0 aliphatic heterocycles. The quantitative estimate of drug-likeness (QED) is 0.249. The first-order chi connectivity index (χ1) is 13.9. The van der Waals surface area contributed by atoms with Crippen LogP contribution in [-0.4, -0.2) is 33.7 Å². The zero-order valence-corrected chi connectivity index (χ0v) is 19.6. The van der Waals surface area contributed by atoms with Crippen molar-refractivity contribution in [2.45, 2.75) is 32.9 Å². The maximum absolute atomic E-state index is 14.6. The van der Waals surface area contributed by atoms with Crippen LogP contribution in [0.2, 0.25) is 0 Å². The van der Waals surface area contributed by atoms with Gasteiger partial charge in [-0.1, -0.05) is 6.07 Å². The SMILES string of the molecule is CCNC(=NCc1ccc(-n2ccnc2C)c(F)c1)NCC(C)(O)c1ccco1.I. The number of halogens is 2. The van der Waals surface area contributed by atoms with E-state index in [9.17, 15) is 9.50 Å². The molecule has 0 aliphatic rings. The van der Waals surface area contributed by atoms with Crippen LogP contribution in [0.4, 0.5) is 4.39 Å². The molecule has 0 spiro atoms. The van der Waals surface area contributed by atoms with E-state index in [4.69, 9.17) is 4.42 Å². The van der Waals surface area contributed by atoms with Crippen LogP contribution >= 0.6 is 24.0 Å². The normalized spacial score (nSPS) is 13.4. The lowest BCUT2D eigenvalue weighted by atomic mass is 10.0. The third-order valence-electron chi connectivity index (χ3n) is 4.51. The van der Waals surface area contributed by atoms with Crippen molar-refractivity contribution in [3.63, 3.8) is 0 Å². The highest BCUT2D eigenvalue weighted by atomic mass is 127. The van der Waals surface area contributed by atoms with Gasteiger partial charge in [0.25, 0.3) is 0 Å². The van der Waals surface area contributed by atoms with Crippen LogP contribution in [0.25, 0.3) is 5.69 Å². The molecule has 0 saturated carbocycles. The van der Waals surface area contributed by atoms with E-state index < -0.39 is 5.60 Å². The largest absolute Gasteiger partial charge is 0.466 e. The third kappa shape index (κ3) is 5.82. The van der Waals surface area contributed by atoms with Crippen LogP contribution < -0.4 is 10.6 Å². The second kappa shape index (κ2) is 10.6. The number of benzene rings is 1. The molecular weight excluding hydrogens is 500 g/mol. The molecule has 162 valence electrons. The van der Waals surface area contributed by atoms with Crippen molar-refractivity contribution in [1.29, 1.82) is 0 Å². The number of nitrogens with zero attached hydrogens (tertiary/aromatic N) is 3. The summed E-state index contributed by atoms with van der Waals surface area (Å²) in [5, 5.41) is 16.8. The van der Waals surface area contributed by atoms with Gasteiger partial charge in [-0.3, -0.25) is 0 Å². The zero-order chi connectivity index (χ0) is 20.9. The first-order valence-corrected chi connectivity index (χ1v) is 9.48. The predicted octanol–water partition coefficient (Wildman–Crippen LogP) is 3.49. The highest BCUT2D eigenvalue weighted by molar-refractivity contribution is 14.0. The van der Waals surface area contributed by atoms with Gasteiger partial charge in [-0.15, -0.1) is 24.0 Å². The Morgan fingerprint density at radius 3 is 2.73 bits per heavy atom. The van der Waals surface area contributed by atoms with E-state index in [1.165, 1.54) is 12.3 Å². The van der Waals surface area contributed by atoms with E-state index in [-0.39, 0.29) is 36.3 Å².